The van der Waals surface area contributed by atoms with E-state index in [-0.39, 0.29) is 10.6 Å². The average molecular weight is 422 g/mol. The molecule has 0 spiro atoms. The lowest BCUT2D eigenvalue weighted by molar-refractivity contribution is -0.136. The van der Waals surface area contributed by atoms with Crippen LogP contribution < -0.4 is 5.43 Å². The van der Waals surface area contributed by atoms with E-state index in [1.807, 2.05) is 0 Å². The van der Waals surface area contributed by atoms with Crippen LogP contribution in [-0.2, 0) is 6.18 Å². The second-order valence-corrected chi connectivity index (χ2v) is 7.24. The predicted molar refractivity (Wildman–Crippen MR) is 104 cm³/mol. The number of rotatable bonds is 4. The molecule has 0 aliphatic carbocycles. The number of alkyl halides is 3. The van der Waals surface area contributed by atoms with Crippen molar-refractivity contribution in [2.24, 2.45) is 5.10 Å². The molecule has 0 aliphatic heterocycles. The SMILES string of the molecule is Cc1c(C(=O)/C(C#N)=N/Nc2ccccc2C(F)(F)F)sc2ccc(Cl)cc12. The van der Waals surface area contributed by atoms with Crippen LogP contribution in [0.3, 0.4) is 0 Å². The lowest BCUT2D eigenvalue weighted by Gasteiger charge is -2.11. The molecule has 1 aromatic heterocycles. The summed E-state index contributed by atoms with van der Waals surface area (Å²) in [6.07, 6.45) is -4.60. The van der Waals surface area contributed by atoms with Crippen molar-refractivity contribution in [3.8, 4) is 6.07 Å². The fourth-order valence-electron chi connectivity index (χ4n) is 2.59. The fraction of sp³-hybridized carbons (Fsp3) is 0.105. The number of carbonyl (C=O) groups is 1. The molecule has 1 N–H and O–H groups in total. The Morgan fingerprint density at radius 3 is 2.64 bits per heavy atom. The van der Waals surface area contributed by atoms with E-state index in [1.165, 1.54) is 29.5 Å². The Balaban J connectivity index is 1.96. The van der Waals surface area contributed by atoms with Crippen molar-refractivity contribution in [2.75, 3.05) is 5.43 Å². The second kappa shape index (κ2) is 7.62. The highest BCUT2D eigenvalue weighted by Crippen LogP contribution is 2.35. The van der Waals surface area contributed by atoms with Crippen LogP contribution in [0.1, 0.15) is 20.8 Å². The van der Waals surface area contributed by atoms with Gasteiger partial charge in [-0.05, 0) is 48.2 Å². The molecule has 4 nitrogen and oxygen atoms in total. The largest absolute Gasteiger partial charge is 0.418 e. The molecule has 28 heavy (non-hydrogen) atoms. The van der Waals surface area contributed by atoms with Crippen molar-refractivity contribution in [3.63, 3.8) is 0 Å². The van der Waals surface area contributed by atoms with Gasteiger partial charge in [-0.15, -0.1) is 11.3 Å². The highest BCUT2D eigenvalue weighted by molar-refractivity contribution is 7.21. The number of aryl methyl sites for hydroxylation is 1. The van der Waals surface area contributed by atoms with Crippen LogP contribution in [-0.4, -0.2) is 11.5 Å². The quantitative estimate of drug-likeness (QED) is 0.316. The lowest BCUT2D eigenvalue weighted by Crippen LogP contribution is -2.15. The Morgan fingerprint density at radius 2 is 1.96 bits per heavy atom. The van der Waals surface area contributed by atoms with Gasteiger partial charge in [0.25, 0.3) is 0 Å². The molecule has 0 saturated heterocycles. The second-order valence-electron chi connectivity index (χ2n) is 5.75. The minimum absolute atomic E-state index is 0.281. The summed E-state index contributed by atoms with van der Waals surface area (Å²) in [5.74, 6) is -0.672. The smallest absolute Gasteiger partial charge is 0.285 e. The number of ketones is 1. The summed E-state index contributed by atoms with van der Waals surface area (Å²) in [4.78, 5) is 13.0. The van der Waals surface area contributed by atoms with Gasteiger partial charge in [0, 0.05) is 9.72 Å². The van der Waals surface area contributed by atoms with Gasteiger partial charge < -0.3 is 0 Å². The number of benzene rings is 2. The number of para-hydroxylation sites is 1. The maximum absolute atomic E-state index is 13.1. The first-order chi connectivity index (χ1) is 13.2. The number of carbonyl (C=O) groups excluding carboxylic acids is 1. The molecule has 0 amide bonds. The topological polar surface area (TPSA) is 65.2 Å². The van der Waals surface area contributed by atoms with Crippen molar-refractivity contribution < 1.29 is 18.0 Å². The first-order valence-corrected chi connectivity index (χ1v) is 9.05. The third-order valence-corrected chi connectivity index (χ3v) is 5.45. The van der Waals surface area contributed by atoms with Gasteiger partial charge >= 0.3 is 6.18 Å². The Morgan fingerprint density at radius 1 is 1.25 bits per heavy atom. The minimum atomic E-state index is -4.60. The number of nitriles is 1. The van der Waals surface area contributed by atoms with E-state index in [0.29, 0.717) is 10.6 Å². The molecular formula is C19H11ClF3N3OS. The van der Waals surface area contributed by atoms with Gasteiger partial charge in [-0.2, -0.15) is 23.5 Å². The van der Waals surface area contributed by atoms with Gasteiger partial charge in [0.1, 0.15) is 6.07 Å². The Labute approximate surface area is 166 Å². The third-order valence-electron chi connectivity index (χ3n) is 3.95. The van der Waals surface area contributed by atoms with E-state index in [4.69, 9.17) is 11.6 Å². The zero-order valence-electron chi connectivity index (χ0n) is 14.3. The molecule has 0 fully saturated rings. The number of hydrogen-bond acceptors (Lipinski definition) is 5. The van der Waals surface area contributed by atoms with E-state index in [1.54, 1.807) is 31.2 Å². The Bertz CT molecular complexity index is 1150. The van der Waals surface area contributed by atoms with Gasteiger partial charge in [0.2, 0.25) is 11.5 Å². The van der Waals surface area contributed by atoms with Crippen molar-refractivity contribution in [1.29, 1.82) is 5.26 Å². The maximum atomic E-state index is 13.1. The van der Waals surface area contributed by atoms with E-state index in [9.17, 15) is 23.2 Å². The van der Waals surface area contributed by atoms with E-state index in [2.05, 4.69) is 10.5 Å². The normalized spacial score (nSPS) is 12.1. The molecule has 0 bridgehead atoms. The predicted octanol–water partition coefficient (Wildman–Crippen LogP) is 6.06. The monoisotopic (exact) mass is 421 g/mol. The number of nitrogens with zero attached hydrogens (tertiary/aromatic N) is 2. The van der Waals surface area contributed by atoms with Crippen molar-refractivity contribution in [1.82, 2.24) is 0 Å². The number of hydrazone groups is 1. The van der Waals surface area contributed by atoms with Crippen LogP contribution in [0.25, 0.3) is 10.1 Å². The summed E-state index contributed by atoms with van der Waals surface area (Å²) >= 11 is 7.15. The summed E-state index contributed by atoms with van der Waals surface area (Å²) in [6, 6.07) is 11.5. The van der Waals surface area contributed by atoms with Crippen LogP contribution in [0.4, 0.5) is 18.9 Å². The molecule has 3 aromatic rings. The molecule has 9 heteroatoms. The Hall–Kier alpha value is -2.89. The summed E-state index contributed by atoms with van der Waals surface area (Å²) in [7, 11) is 0. The molecule has 1 heterocycles. The first kappa shape index (κ1) is 19.9. The highest BCUT2D eigenvalue weighted by atomic mass is 35.5. The Kier molecular flexibility index (Phi) is 5.40. The number of anilines is 1. The van der Waals surface area contributed by atoms with Crippen molar-refractivity contribution in [2.45, 2.75) is 13.1 Å². The van der Waals surface area contributed by atoms with Crippen molar-refractivity contribution in [3.05, 3.63) is 63.5 Å². The first-order valence-electron chi connectivity index (χ1n) is 7.85. The molecule has 0 atom stereocenters. The van der Waals surface area contributed by atoms with Crippen molar-refractivity contribution >= 4 is 50.2 Å². The molecule has 2 aromatic carbocycles. The molecular weight excluding hydrogens is 411 g/mol. The van der Waals surface area contributed by atoms with Gasteiger partial charge in [0.05, 0.1) is 16.1 Å². The zero-order valence-corrected chi connectivity index (χ0v) is 15.8. The fourth-order valence-corrected chi connectivity index (χ4v) is 3.89. The molecule has 0 aliphatic rings. The molecule has 0 radical (unpaired) electrons. The van der Waals surface area contributed by atoms with Crippen LogP contribution in [0.2, 0.25) is 5.02 Å². The van der Waals surface area contributed by atoms with E-state index >= 15 is 0 Å². The van der Waals surface area contributed by atoms with Gasteiger partial charge in [-0.3, -0.25) is 10.2 Å². The molecule has 0 unspecified atom stereocenters. The summed E-state index contributed by atoms with van der Waals surface area (Å²) in [5.41, 5.74) is 0.979. The number of hydrogen-bond donors (Lipinski definition) is 1. The van der Waals surface area contributed by atoms with E-state index in [0.717, 1.165) is 16.2 Å². The molecule has 3 rings (SSSR count). The van der Waals surface area contributed by atoms with Crippen LogP contribution >= 0.6 is 22.9 Å². The lowest BCUT2D eigenvalue weighted by atomic mass is 10.1. The van der Waals surface area contributed by atoms with Crippen LogP contribution in [0, 0.1) is 18.3 Å². The van der Waals surface area contributed by atoms with Gasteiger partial charge in [0.15, 0.2) is 0 Å². The van der Waals surface area contributed by atoms with Gasteiger partial charge in [-0.1, -0.05) is 23.7 Å². The third kappa shape index (κ3) is 3.86. The number of thiophene rings is 1. The number of halogens is 4. The minimum Gasteiger partial charge on any atom is -0.285 e. The average Bonchev–Trinajstić information content (AvgIpc) is 2.98. The van der Waals surface area contributed by atoms with Gasteiger partial charge in [-0.25, -0.2) is 0 Å². The zero-order chi connectivity index (χ0) is 20.5. The molecule has 142 valence electrons. The van der Waals surface area contributed by atoms with Crippen LogP contribution in [0.15, 0.2) is 47.6 Å². The maximum Gasteiger partial charge on any atom is 0.418 e. The van der Waals surface area contributed by atoms with E-state index < -0.39 is 23.2 Å². The van der Waals surface area contributed by atoms with Crippen LogP contribution in [0.5, 0.6) is 0 Å². The highest BCUT2D eigenvalue weighted by Gasteiger charge is 2.33. The standard InChI is InChI=1S/C19H11ClF3N3OS/c1-10-12-8-11(20)6-7-16(12)28-18(10)17(27)15(9-24)26-25-14-5-3-2-4-13(14)19(21,22)23/h2-8,25H,1H3/b26-15+. The summed E-state index contributed by atoms with van der Waals surface area (Å²) < 4.78 is 40.0. The number of Topliss-reactive ketones (excluding diaryl/α,β-unsaturated/α-hetero) is 1. The molecule has 0 saturated carbocycles. The number of nitrogens with one attached hydrogen (secondary N) is 1. The summed E-state index contributed by atoms with van der Waals surface area (Å²) in [5, 5.41) is 14.2. The number of fused-ring (bicyclic) bond motifs is 1. The summed E-state index contributed by atoms with van der Waals surface area (Å²) in [6.45, 7) is 1.71.